The van der Waals surface area contributed by atoms with Crippen LogP contribution in [0.3, 0.4) is 0 Å². The van der Waals surface area contributed by atoms with E-state index in [4.69, 9.17) is 0 Å². The number of carbonyl (C=O) groups is 1. The Morgan fingerprint density at radius 1 is 1.07 bits per heavy atom. The van der Waals surface area contributed by atoms with Crippen molar-refractivity contribution in [3.8, 4) is 0 Å². The molecule has 3 rings (SSSR count). The van der Waals surface area contributed by atoms with Crippen LogP contribution < -0.4 is 5.32 Å². The number of allylic oxidation sites excluding steroid dienone is 1. The number of fused-ring (bicyclic) bond motifs is 1. The van der Waals surface area contributed by atoms with Crippen LogP contribution in [0.15, 0.2) is 48.8 Å². The van der Waals surface area contributed by atoms with Gasteiger partial charge in [-0.05, 0) is 50.1 Å². The number of hydrogen-bond donors (Lipinski definition) is 2. The Morgan fingerprint density at radius 3 is 2.37 bits per heavy atom. The molecule has 0 saturated carbocycles. The van der Waals surface area contributed by atoms with Crippen LogP contribution >= 0.6 is 0 Å². The number of rotatable bonds is 4. The van der Waals surface area contributed by atoms with Crippen LogP contribution in [0.1, 0.15) is 40.9 Å². The number of nitrogens with zero attached hydrogens (tertiary/aromatic N) is 2. The summed E-state index contributed by atoms with van der Waals surface area (Å²) in [6.07, 6.45) is -0.262. The summed E-state index contributed by atoms with van der Waals surface area (Å²) < 4.78 is 36.9. The quantitative estimate of drug-likeness (QED) is 0.629. The second kappa shape index (κ2) is 7.87. The van der Waals surface area contributed by atoms with Gasteiger partial charge in [0.1, 0.15) is 0 Å². The Kier molecular flexibility index (Phi) is 5.63. The van der Waals surface area contributed by atoms with E-state index in [0.717, 1.165) is 6.08 Å². The second-order valence-electron chi connectivity index (χ2n) is 7.45. The molecule has 156 valence electrons. The van der Waals surface area contributed by atoms with Gasteiger partial charge in [0.05, 0.1) is 28.5 Å². The predicted octanol–water partition coefficient (Wildman–Crippen LogP) is 4.99. The van der Waals surface area contributed by atoms with Crippen LogP contribution in [0.4, 0.5) is 18.9 Å². The molecule has 0 radical (unpaired) electrons. The number of alkyl halides is 3. The maximum absolute atomic E-state index is 12.6. The first-order chi connectivity index (χ1) is 13.9. The molecule has 5 nitrogen and oxygen atoms in total. The molecule has 1 amide bonds. The maximum Gasteiger partial charge on any atom is 0.409 e. The molecule has 0 fully saturated rings. The highest BCUT2D eigenvalue weighted by Gasteiger charge is 2.22. The predicted molar refractivity (Wildman–Crippen MR) is 109 cm³/mol. The summed E-state index contributed by atoms with van der Waals surface area (Å²) in [4.78, 5) is 21.2. The summed E-state index contributed by atoms with van der Waals surface area (Å²) in [5.74, 6) is -0.409. The first-order valence-corrected chi connectivity index (χ1v) is 9.09. The lowest BCUT2D eigenvalue weighted by molar-refractivity contribution is -0.0790. The van der Waals surface area contributed by atoms with Gasteiger partial charge in [-0.15, -0.1) is 0 Å². The summed E-state index contributed by atoms with van der Waals surface area (Å²) in [6.45, 7) is 4.95. The molecule has 2 heterocycles. The van der Waals surface area contributed by atoms with Crippen molar-refractivity contribution in [2.45, 2.75) is 32.5 Å². The van der Waals surface area contributed by atoms with Crippen molar-refractivity contribution >= 4 is 28.7 Å². The van der Waals surface area contributed by atoms with Crippen molar-refractivity contribution < 1.29 is 23.1 Å². The van der Waals surface area contributed by atoms with Gasteiger partial charge in [0.25, 0.3) is 5.91 Å². The molecular weight excluding hydrogens is 395 g/mol. The number of nitrogens with one attached hydrogen (secondary N) is 1. The van der Waals surface area contributed by atoms with Gasteiger partial charge in [-0.3, -0.25) is 14.8 Å². The molecule has 0 bridgehead atoms. The molecule has 0 unspecified atom stereocenters. The Hall–Kier alpha value is -3.26. The van der Waals surface area contributed by atoms with Crippen molar-refractivity contribution in [3.63, 3.8) is 0 Å². The highest BCUT2D eigenvalue weighted by atomic mass is 19.4. The fourth-order valence-corrected chi connectivity index (χ4v) is 2.84. The normalized spacial score (nSPS) is 12.5. The molecule has 0 aliphatic heterocycles. The van der Waals surface area contributed by atoms with Crippen LogP contribution in [-0.2, 0) is 5.60 Å². The lowest BCUT2D eigenvalue weighted by atomic mass is 10.00. The lowest BCUT2D eigenvalue weighted by Gasteiger charge is -2.17. The van der Waals surface area contributed by atoms with E-state index < -0.39 is 17.7 Å². The zero-order valence-electron chi connectivity index (χ0n) is 16.6. The minimum atomic E-state index is -4.39. The number of aromatic nitrogens is 2. The number of aliphatic hydroxyl groups is 1. The number of aryl methyl sites for hydroxylation is 1. The summed E-state index contributed by atoms with van der Waals surface area (Å²) in [6, 6.07) is 7.82. The molecule has 8 heteroatoms. The number of hydrogen-bond acceptors (Lipinski definition) is 4. The van der Waals surface area contributed by atoms with Crippen LogP contribution in [0, 0.1) is 6.92 Å². The second-order valence-corrected chi connectivity index (χ2v) is 7.45. The van der Waals surface area contributed by atoms with Crippen LogP contribution in [0.5, 0.6) is 0 Å². The van der Waals surface area contributed by atoms with E-state index in [2.05, 4.69) is 15.3 Å². The number of halogens is 3. The molecule has 0 aliphatic rings. The van der Waals surface area contributed by atoms with E-state index >= 15 is 0 Å². The third-order valence-electron chi connectivity index (χ3n) is 4.46. The Morgan fingerprint density at radius 2 is 1.73 bits per heavy atom. The van der Waals surface area contributed by atoms with Crippen molar-refractivity contribution in [2.75, 3.05) is 5.32 Å². The van der Waals surface area contributed by atoms with Gasteiger partial charge in [0.2, 0.25) is 0 Å². The summed E-state index contributed by atoms with van der Waals surface area (Å²) in [7, 11) is 0. The van der Waals surface area contributed by atoms with Gasteiger partial charge >= 0.3 is 6.18 Å². The SMILES string of the molecule is Cc1cc(C=CC(F)(F)F)ccc1C(=O)Nc1cnc2cc(C(C)(C)O)cnc2c1. The van der Waals surface area contributed by atoms with Gasteiger partial charge < -0.3 is 10.4 Å². The third-order valence-corrected chi connectivity index (χ3v) is 4.46. The minimum Gasteiger partial charge on any atom is -0.386 e. The number of benzene rings is 1. The number of anilines is 1. The molecule has 3 aromatic rings. The number of carbonyl (C=O) groups excluding carboxylic acids is 1. The average Bonchev–Trinajstić information content (AvgIpc) is 2.64. The van der Waals surface area contributed by atoms with Crippen molar-refractivity contribution in [1.29, 1.82) is 0 Å². The maximum atomic E-state index is 12.6. The monoisotopic (exact) mass is 415 g/mol. The van der Waals surface area contributed by atoms with E-state index in [1.165, 1.54) is 24.4 Å². The van der Waals surface area contributed by atoms with Gasteiger partial charge in [0.15, 0.2) is 0 Å². The largest absolute Gasteiger partial charge is 0.409 e. The van der Waals surface area contributed by atoms with Crippen molar-refractivity contribution in [2.24, 2.45) is 0 Å². The fourth-order valence-electron chi connectivity index (χ4n) is 2.84. The van der Waals surface area contributed by atoms with E-state index in [-0.39, 0.29) is 6.08 Å². The van der Waals surface area contributed by atoms with E-state index in [1.807, 2.05) is 0 Å². The van der Waals surface area contributed by atoms with Crippen molar-refractivity contribution in [1.82, 2.24) is 9.97 Å². The van der Waals surface area contributed by atoms with Gasteiger partial charge in [-0.25, -0.2) is 0 Å². The Balaban J connectivity index is 1.80. The zero-order chi connectivity index (χ0) is 22.1. The molecule has 2 aromatic heterocycles. The zero-order valence-corrected chi connectivity index (χ0v) is 16.6. The number of amides is 1. The van der Waals surface area contributed by atoms with Crippen LogP contribution in [0.2, 0.25) is 0 Å². The summed E-state index contributed by atoms with van der Waals surface area (Å²) in [5.41, 5.74) is 2.35. The minimum absolute atomic E-state index is 0.151. The smallest absolute Gasteiger partial charge is 0.386 e. The molecule has 0 atom stereocenters. The third kappa shape index (κ3) is 5.21. The van der Waals surface area contributed by atoms with E-state index in [9.17, 15) is 23.1 Å². The van der Waals surface area contributed by atoms with E-state index in [1.54, 1.807) is 39.1 Å². The average molecular weight is 415 g/mol. The summed E-state index contributed by atoms with van der Waals surface area (Å²) in [5, 5.41) is 12.8. The van der Waals surface area contributed by atoms with Gasteiger partial charge in [-0.1, -0.05) is 18.2 Å². The topological polar surface area (TPSA) is 75.1 Å². The first-order valence-electron chi connectivity index (χ1n) is 9.09. The van der Waals surface area contributed by atoms with Crippen LogP contribution in [-0.4, -0.2) is 27.2 Å². The Bertz CT molecular complexity index is 1130. The van der Waals surface area contributed by atoms with E-state index in [0.29, 0.717) is 39.0 Å². The van der Waals surface area contributed by atoms with Crippen LogP contribution in [0.25, 0.3) is 17.1 Å². The standard InChI is InChI=1S/C22H20F3N3O2/c1-13-8-14(6-7-22(23,24)25)4-5-17(13)20(29)28-16-10-19-18(27-12-16)9-15(11-26-19)21(2,3)30/h4-12,30H,1-3H3,(H,28,29). The van der Waals surface area contributed by atoms with Crippen molar-refractivity contribution in [3.05, 3.63) is 71.1 Å². The van der Waals surface area contributed by atoms with Gasteiger partial charge in [-0.2, -0.15) is 13.2 Å². The fraction of sp³-hybridized carbons (Fsp3) is 0.227. The highest BCUT2D eigenvalue weighted by molar-refractivity contribution is 6.05. The summed E-state index contributed by atoms with van der Waals surface area (Å²) >= 11 is 0. The molecule has 0 aliphatic carbocycles. The molecule has 0 saturated heterocycles. The number of pyridine rings is 2. The molecular formula is C22H20F3N3O2. The Labute approximate surface area is 171 Å². The molecule has 0 spiro atoms. The molecule has 30 heavy (non-hydrogen) atoms. The van der Waals surface area contributed by atoms with Gasteiger partial charge in [0, 0.05) is 23.4 Å². The lowest BCUT2D eigenvalue weighted by Crippen LogP contribution is -2.16. The highest BCUT2D eigenvalue weighted by Crippen LogP contribution is 2.24. The molecule has 1 aromatic carbocycles. The first kappa shape index (κ1) is 21.4. The molecule has 2 N–H and O–H groups in total.